The SMILES string of the molecule is NC(=O)CCCNC(=O)C1CC(=O)N(c2ccc3c(c2)CCC3)C1. The highest BCUT2D eigenvalue weighted by Crippen LogP contribution is 2.30. The molecule has 0 saturated carbocycles. The smallest absolute Gasteiger partial charge is 0.227 e. The van der Waals surface area contributed by atoms with Gasteiger partial charge in [0.1, 0.15) is 0 Å². The van der Waals surface area contributed by atoms with Crippen molar-refractivity contribution in [3.05, 3.63) is 29.3 Å². The predicted molar refractivity (Wildman–Crippen MR) is 90.4 cm³/mol. The third-order valence-electron chi connectivity index (χ3n) is 4.79. The lowest BCUT2D eigenvalue weighted by Gasteiger charge is -2.18. The van der Waals surface area contributed by atoms with Gasteiger partial charge in [-0.15, -0.1) is 0 Å². The Bertz CT molecular complexity index is 671. The second-order valence-corrected chi connectivity index (χ2v) is 6.57. The molecule has 24 heavy (non-hydrogen) atoms. The maximum atomic E-state index is 12.3. The maximum Gasteiger partial charge on any atom is 0.227 e. The number of nitrogens with two attached hydrogens (primary N) is 1. The molecular formula is C18H23N3O3. The fraction of sp³-hybridized carbons (Fsp3) is 0.500. The van der Waals surface area contributed by atoms with Gasteiger partial charge in [0.25, 0.3) is 0 Å². The van der Waals surface area contributed by atoms with Crippen LogP contribution in [0.25, 0.3) is 0 Å². The molecule has 3 rings (SSSR count). The van der Waals surface area contributed by atoms with Crippen LogP contribution in [0.15, 0.2) is 18.2 Å². The number of anilines is 1. The minimum Gasteiger partial charge on any atom is -0.370 e. The van der Waals surface area contributed by atoms with E-state index in [1.807, 2.05) is 6.07 Å². The van der Waals surface area contributed by atoms with E-state index >= 15 is 0 Å². The number of nitrogens with zero attached hydrogens (tertiary/aromatic N) is 1. The molecule has 1 aliphatic heterocycles. The van der Waals surface area contributed by atoms with Gasteiger partial charge in [0, 0.05) is 31.6 Å². The minimum atomic E-state index is -0.372. The molecule has 1 heterocycles. The second-order valence-electron chi connectivity index (χ2n) is 6.57. The van der Waals surface area contributed by atoms with Crippen LogP contribution in [0.3, 0.4) is 0 Å². The van der Waals surface area contributed by atoms with Crippen LogP contribution in [0.4, 0.5) is 5.69 Å². The molecule has 0 aromatic heterocycles. The molecule has 128 valence electrons. The lowest BCUT2D eigenvalue weighted by molar-refractivity contribution is -0.126. The monoisotopic (exact) mass is 329 g/mol. The average molecular weight is 329 g/mol. The number of hydrogen-bond acceptors (Lipinski definition) is 3. The fourth-order valence-corrected chi connectivity index (χ4v) is 3.48. The highest BCUT2D eigenvalue weighted by atomic mass is 16.2. The third kappa shape index (κ3) is 3.58. The largest absolute Gasteiger partial charge is 0.370 e. The van der Waals surface area contributed by atoms with Crippen LogP contribution in [0, 0.1) is 5.92 Å². The van der Waals surface area contributed by atoms with Gasteiger partial charge in [-0.1, -0.05) is 6.07 Å². The first kappa shape index (κ1) is 16.5. The van der Waals surface area contributed by atoms with Crippen molar-refractivity contribution in [3.8, 4) is 0 Å². The molecule has 2 aliphatic rings. The number of nitrogens with one attached hydrogen (secondary N) is 1. The quantitative estimate of drug-likeness (QED) is 0.760. The Hall–Kier alpha value is -2.37. The molecule has 1 aliphatic carbocycles. The van der Waals surface area contributed by atoms with Gasteiger partial charge in [-0.2, -0.15) is 0 Å². The van der Waals surface area contributed by atoms with Crippen molar-refractivity contribution in [1.82, 2.24) is 5.32 Å². The summed E-state index contributed by atoms with van der Waals surface area (Å²) in [7, 11) is 0. The molecule has 1 fully saturated rings. The topological polar surface area (TPSA) is 92.5 Å². The summed E-state index contributed by atoms with van der Waals surface area (Å²) < 4.78 is 0. The number of carbonyl (C=O) groups excluding carboxylic acids is 3. The van der Waals surface area contributed by atoms with Crippen LogP contribution in [-0.2, 0) is 27.2 Å². The minimum absolute atomic E-state index is 0.00904. The summed E-state index contributed by atoms with van der Waals surface area (Å²) in [5.74, 6) is -0.843. The lowest BCUT2D eigenvalue weighted by atomic mass is 10.1. The van der Waals surface area contributed by atoms with E-state index in [4.69, 9.17) is 5.73 Å². The van der Waals surface area contributed by atoms with Gasteiger partial charge in [-0.25, -0.2) is 0 Å². The van der Waals surface area contributed by atoms with Crippen LogP contribution in [0.2, 0.25) is 0 Å². The zero-order valence-electron chi connectivity index (χ0n) is 13.7. The Morgan fingerprint density at radius 2 is 2.04 bits per heavy atom. The normalized spacial score (nSPS) is 19.4. The molecular weight excluding hydrogens is 306 g/mol. The van der Waals surface area contributed by atoms with Crippen molar-refractivity contribution >= 4 is 23.4 Å². The number of primary amides is 1. The first-order chi connectivity index (χ1) is 11.5. The van der Waals surface area contributed by atoms with Gasteiger partial charge in [-0.3, -0.25) is 14.4 Å². The first-order valence-electron chi connectivity index (χ1n) is 8.53. The molecule has 1 aromatic rings. The van der Waals surface area contributed by atoms with Gasteiger partial charge in [0.2, 0.25) is 17.7 Å². The third-order valence-corrected chi connectivity index (χ3v) is 4.79. The molecule has 0 bridgehead atoms. The van der Waals surface area contributed by atoms with Crippen LogP contribution < -0.4 is 16.0 Å². The summed E-state index contributed by atoms with van der Waals surface area (Å²) in [6, 6.07) is 6.17. The molecule has 1 unspecified atom stereocenters. The molecule has 6 heteroatoms. The molecule has 1 aromatic carbocycles. The molecule has 6 nitrogen and oxygen atoms in total. The Morgan fingerprint density at radius 1 is 1.25 bits per heavy atom. The molecule has 0 radical (unpaired) electrons. The number of carbonyl (C=O) groups is 3. The maximum absolute atomic E-state index is 12.3. The van der Waals surface area contributed by atoms with Crippen molar-refractivity contribution in [2.45, 2.75) is 38.5 Å². The van der Waals surface area contributed by atoms with E-state index in [0.29, 0.717) is 19.5 Å². The fourth-order valence-electron chi connectivity index (χ4n) is 3.48. The number of amides is 3. The van der Waals surface area contributed by atoms with Crippen molar-refractivity contribution in [1.29, 1.82) is 0 Å². The van der Waals surface area contributed by atoms with E-state index in [2.05, 4.69) is 17.4 Å². The molecule has 3 N–H and O–H groups in total. The Labute approximate surface area is 141 Å². The predicted octanol–water partition coefficient (Wildman–Crippen LogP) is 0.910. The van der Waals surface area contributed by atoms with E-state index in [9.17, 15) is 14.4 Å². The number of rotatable bonds is 6. The van der Waals surface area contributed by atoms with Crippen molar-refractivity contribution in [2.24, 2.45) is 11.7 Å². The molecule has 0 spiro atoms. The summed E-state index contributed by atoms with van der Waals surface area (Å²) in [6.07, 6.45) is 4.36. The number of benzene rings is 1. The van der Waals surface area contributed by atoms with Gasteiger partial charge in [-0.05, 0) is 48.9 Å². The standard InChI is InChI=1S/C18H23N3O3/c19-16(22)5-2-8-20-18(24)14-10-17(23)21(11-14)15-7-6-12-3-1-4-13(12)9-15/h6-7,9,14H,1-5,8,10-11H2,(H2,19,22)(H,20,24). The van der Waals surface area contributed by atoms with Crippen LogP contribution in [0.5, 0.6) is 0 Å². The second kappa shape index (κ2) is 7.03. The molecule has 1 atom stereocenters. The van der Waals surface area contributed by atoms with Gasteiger partial charge >= 0.3 is 0 Å². The molecule has 3 amide bonds. The van der Waals surface area contributed by atoms with Crippen molar-refractivity contribution < 1.29 is 14.4 Å². The van der Waals surface area contributed by atoms with E-state index in [1.165, 1.54) is 17.5 Å². The highest BCUT2D eigenvalue weighted by Gasteiger charge is 2.35. The van der Waals surface area contributed by atoms with Crippen LogP contribution >= 0.6 is 0 Å². The van der Waals surface area contributed by atoms with Gasteiger partial charge in [0.05, 0.1) is 5.92 Å². The zero-order valence-corrected chi connectivity index (χ0v) is 13.7. The van der Waals surface area contributed by atoms with E-state index in [-0.39, 0.29) is 36.5 Å². The summed E-state index contributed by atoms with van der Waals surface area (Å²) in [5, 5.41) is 2.79. The van der Waals surface area contributed by atoms with Gasteiger partial charge < -0.3 is 16.0 Å². The van der Waals surface area contributed by atoms with Gasteiger partial charge in [0.15, 0.2) is 0 Å². The van der Waals surface area contributed by atoms with Crippen LogP contribution in [0.1, 0.15) is 36.8 Å². The summed E-state index contributed by atoms with van der Waals surface area (Å²) in [5.41, 5.74) is 8.65. The number of aryl methyl sites for hydroxylation is 2. The summed E-state index contributed by atoms with van der Waals surface area (Å²) in [6.45, 7) is 0.824. The summed E-state index contributed by atoms with van der Waals surface area (Å²) >= 11 is 0. The molecule has 1 saturated heterocycles. The van der Waals surface area contributed by atoms with E-state index < -0.39 is 0 Å². The van der Waals surface area contributed by atoms with Crippen molar-refractivity contribution in [2.75, 3.05) is 18.0 Å². The zero-order chi connectivity index (χ0) is 17.1. The lowest BCUT2D eigenvalue weighted by Crippen LogP contribution is -2.33. The first-order valence-corrected chi connectivity index (χ1v) is 8.53. The Kier molecular flexibility index (Phi) is 4.83. The average Bonchev–Trinajstić information content (AvgIpc) is 3.16. The Balaban J connectivity index is 1.57. The van der Waals surface area contributed by atoms with Crippen molar-refractivity contribution in [3.63, 3.8) is 0 Å². The number of fused-ring (bicyclic) bond motifs is 1. The van der Waals surface area contributed by atoms with Crippen LogP contribution in [-0.4, -0.2) is 30.8 Å². The summed E-state index contributed by atoms with van der Waals surface area (Å²) in [4.78, 5) is 36.9. The number of hydrogen-bond donors (Lipinski definition) is 2. The van der Waals surface area contributed by atoms with E-state index in [0.717, 1.165) is 18.5 Å². The highest BCUT2D eigenvalue weighted by molar-refractivity contribution is 6.00. The Morgan fingerprint density at radius 3 is 2.83 bits per heavy atom. The van der Waals surface area contributed by atoms with E-state index in [1.54, 1.807) is 4.90 Å².